The van der Waals surface area contributed by atoms with Crippen LogP contribution in [0, 0.1) is 11.8 Å². The molecule has 4 nitrogen and oxygen atoms in total. The molecule has 0 aromatic rings. The van der Waals surface area contributed by atoms with Gasteiger partial charge < -0.3 is 15.7 Å². The maximum atomic E-state index is 12.3. The van der Waals surface area contributed by atoms with Crippen LogP contribution in [0.5, 0.6) is 0 Å². The van der Waals surface area contributed by atoms with Crippen LogP contribution in [0.3, 0.4) is 0 Å². The van der Waals surface area contributed by atoms with Gasteiger partial charge in [0.15, 0.2) is 0 Å². The van der Waals surface area contributed by atoms with E-state index < -0.39 is 0 Å². The van der Waals surface area contributed by atoms with Crippen LogP contribution in [0.1, 0.15) is 38.5 Å². The smallest absolute Gasteiger partial charge is 0.227 e. The van der Waals surface area contributed by atoms with Crippen molar-refractivity contribution in [1.82, 2.24) is 4.90 Å². The first-order valence-corrected chi connectivity index (χ1v) is 6.87. The van der Waals surface area contributed by atoms with Crippen molar-refractivity contribution in [3.05, 3.63) is 0 Å². The molecule has 1 aliphatic heterocycles. The maximum Gasteiger partial charge on any atom is 0.227 e. The van der Waals surface area contributed by atoms with E-state index in [0.29, 0.717) is 5.92 Å². The predicted octanol–water partition coefficient (Wildman–Crippen LogP) is 0.735. The molecule has 3 atom stereocenters. The summed E-state index contributed by atoms with van der Waals surface area (Å²) in [6.45, 7) is 1.91. The lowest BCUT2D eigenvalue weighted by atomic mass is 9.84. The van der Waals surface area contributed by atoms with Crippen molar-refractivity contribution in [3.63, 3.8) is 0 Å². The highest BCUT2D eigenvalue weighted by Crippen LogP contribution is 2.28. The van der Waals surface area contributed by atoms with Gasteiger partial charge in [-0.3, -0.25) is 4.79 Å². The summed E-state index contributed by atoms with van der Waals surface area (Å²) in [5.74, 6) is 0.804. The molecule has 3 unspecified atom stereocenters. The van der Waals surface area contributed by atoms with Gasteiger partial charge in [-0.15, -0.1) is 0 Å². The average molecular weight is 240 g/mol. The number of rotatable bonds is 3. The molecule has 1 saturated heterocycles. The summed E-state index contributed by atoms with van der Waals surface area (Å²) >= 11 is 0. The molecule has 2 aliphatic rings. The molecule has 1 heterocycles. The van der Waals surface area contributed by atoms with Gasteiger partial charge in [0.25, 0.3) is 0 Å². The molecule has 17 heavy (non-hydrogen) atoms. The second kappa shape index (κ2) is 5.83. The minimum Gasteiger partial charge on any atom is -0.396 e. The van der Waals surface area contributed by atoms with E-state index >= 15 is 0 Å². The third kappa shape index (κ3) is 2.99. The standard InChI is InChI=1S/C13H24N2O2/c14-12-4-2-1-3-11(12)13(17)15-7-5-10(9-15)6-8-16/h10-12,16H,1-9,14H2. The predicted molar refractivity (Wildman–Crippen MR) is 66.3 cm³/mol. The molecule has 3 N–H and O–H groups in total. The molecule has 0 bridgehead atoms. The fourth-order valence-electron chi connectivity index (χ4n) is 3.15. The SMILES string of the molecule is NC1CCCCC1C(=O)N1CCC(CCO)C1. The number of hydrogen-bond acceptors (Lipinski definition) is 3. The Morgan fingerprint density at radius 2 is 2.06 bits per heavy atom. The molecule has 0 spiro atoms. The Morgan fingerprint density at radius 3 is 2.76 bits per heavy atom. The minimum atomic E-state index is 0.0524. The molecule has 1 saturated carbocycles. The van der Waals surface area contributed by atoms with Crippen LogP contribution in [-0.4, -0.2) is 41.7 Å². The molecule has 0 aromatic carbocycles. The fraction of sp³-hybridized carbons (Fsp3) is 0.923. The monoisotopic (exact) mass is 240 g/mol. The molecule has 0 radical (unpaired) electrons. The van der Waals surface area contributed by atoms with Gasteiger partial charge in [-0.05, 0) is 31.6 Å². The quantitative estimate of drug-likeness (QED) is 0.764. The molecule has 2 rings (SSSR count). The van der Waals surface area contributed by atoms with E-state index in [9.17, 15) is 4.79 Å². The van der Waals surface area contributed by atoms with Crippen LogP contribution in [0.15, 0.2) is 0 Å². The van der Waals surface area contributed by atoms with Crippen LogP contribution in [0.2, 0.25) is 0 Å². The van der Waals surface area contributed by atoms with Crippen LogP contribution < -0.4 is 5.73 Å². The van der Waals surface area contributed by atoms with E-state index in [-0.39, 0.29) is 24.5 Å². The minimum absolute atomic E-state index is 0.0524. The summed E-state index contributed by atoms with van der Waals surface area (Å²) in [6, 6.07) is 0.0631. The van der Waals surface area contributed by atoms with Gasteiger partial charge in [0.2, 0.25) is 5.91 Å². The van der Waals surface area contributed by atoms with E-state index in [1.807, 2.05) is 4.90 Å². The third-order valence-corrected chi connectivity index (χ3v) is 4.27. The van der Waals surface area contributed by atoms with E-state index in [2.05, 4.69) is 0 Å². The third-order valence-electron chi connectivity index (χ3n) is 4.27. The molecule has 98 valence electrons. The summed E-state index contributed by atoms with van der Waals surface area (Å²) in [7, 11) is 0. The first-order chi connectivity index (χ1) is 8.22. The highest BCUT2D eigenvalue weighted by molar-refractivity contribution is 5.80. The van der Waals surface area contributed by atoms with Crippen molar-refractivity contribution in [1.29, 1.82) is 0 Å². The summed E-state index contributed by atoms with van der Waals surface area (Å²) in [6.07, 6.45) is 6.11. The number of hydrogen-bond donors (Lipinski definition) is 2. The number of aliphatic hydroxyl groups excluding tert-OH is 1. The number of carbonyl (C=O) groups excluding carboxylic acids is 1. The van der Waals surface area contributed by atoms with Crippen molar-refractivity contribution in [2.75, 3.05) is 19.7 Å². The Morgan fingerprint density at radius 1 is 1.29 bits per heavy atom. The normalized spacial score (nSPS) is 34.0. The molecular weight excluding hydrogens is 216 g/mol. The lowest BCUT2D eigenvalue weighted by Crippen LogP contribution is -2.45. The second-order valence-electron chi connectivity index (χ2n) is 5.51. The maximum absolute atomic E-state index is 12.3. The summed E-state index contributed by atoms with van der Waals surface area (Å²) < 4.78 is 0. The van der Waals surface area contributed by atoms with Crippen LogP contribution >= 0.6 is 0 Å². The van der Waals surface area contributed by atoms with Gasteiger partial charge in [0, 0.05) is 25.7 Å². The van der Waals surface area contributed by atoms with Crippen LogP contribution in [0.4, 0.5) is 0 Å². The lowest BCUT2D eigenvalue weighted by Gasteiger charge is -2.31. The van der Waals surface area contributed by atoms with Gasteiger partial charge in [-0.1, -0.05) is 12.8 Å². The number of nitrogens with zero attached hydrogens (tertiary/aromatic N) is 1. The second-order valence-corrected chi connectivity index (χ2v) is 5.51. The van der Waals surface area contributed by atoms with E-state index in [1.54, 1.807) is 0 Å². The molecule has 2 fully saturated rings. The average Bonchev–Trinajstić information content (AvgIpc) is 2.78. The molecule has 1 amide bonds. The van der Waals surface area contributed by atoms with Gasteiger partial charge in [0.05, 0.1) is 5.92 Å². The van der Waals surface area contributed by atoms with E-state index in [0.717, 1.165) is 51.6 Å². The van der Waals surface area contributed by atoms with Gasteiger partial charge in [0.1, 0.15) is 0 Å². The zero-order chi connectivity index (χ0) is 12.3. The van der Waals surface area contributed by atoms with Gasteiger partial charge >= 0.3 is 0 Å². The Balaban J connectivity index is 1.87. The Bertz CT molecular complexity index is 270. The number of likely N-dealkylation sites (tertiary alicyclic amines) is 1. The zero-order valence-electron chi connectivity index (χ0n) is 10.5. The first kappa shape index (κ1) is 12.8. The topological polar surface area (TPSA) is 66.6 Å². The summed E-state index contributed by atoms with van der Waals surface area (Å²) in [5.41, 5.74) is 6.05. The first-order valence-electron chi connectivity index (χ1n) is 6.87. The zero-order valence-corrected chi connectivity index (χ0v) is 10.5. The molecular formula is C13H24N2O2. The molecule has 1 aliphatic carbocycles. The molecule has 4 heteroatoms. The van der Waals surface area contributed by atoms with E-state index in [1.165, 1.54) is 0 Å². The molecule has 0 aromatic heterocycles. The Hall–Kier alpha value is -0.610. The van der Waals surface area contributed by atoms with Crippen molar-refractivity contribution in [2.24, 2.45) is 17.6 Å². The van der Waals surface area contributed by atoms with Crippen molar-refractivity contribution in [3.8, 4) is 0 Å². The summed E-state index contributed by atoms with van der Waals surface area (Å²) in [5, 5.41) is 8.92. The number of nitrogens with two attached hydrogens (primary N) is 1. The van der Waals surface area contributed by atoms with Crippen molar-refractivity contribution in [2.45, 2.75) is 44.6 Å². The van der Waals surface area contributed by atoms with Crippen LogP contribution in [0.25, 0.3) is 0 Å². The van der Waals surface area contributed by atoms with Gasteiger partial charge in [-0.25, -0.2) is 0 Å². The summed E-state index contributed by atoms with van der Waals surface area (Å²) in [4.78, 5) is 14.3. The number of carbonyl (C=O) groups is 1. The largest absolute Gasteiger partial charge is 0.396 e. The van der Waals surface area contributed by atoms with Crippen molar-refractivity contribution < 1.29 is 9.90 Å². The lowest BCUT2D eigenvalue weighted by molar-refractivity contribution is -0.136. The fourth-order valence-corrected chi connectivity index (χ4v) is 3.15. The Kier molecular flexibility index (Phi) is 4.40. The van der Waals surface area contributed by atoms with E-state index in [4.69, 9.17) is 10.8 Å². The number of aliphatic hydroxyl groups is 1. The highest BCUT2D eigenvalue weighted by atomic mass is 16.3. The Labute approximate surface area is 103 Å². The highest BCUT2D eigenvalue weighted by Gasteiger charge is 2.34. The van der Waals surface area contributed by atoms with Gasteiger partial charge in [-0.2, -0.15) is 0 Å². The van der Waals surface area contributed by atoms with Crippen molar-refractivity contribution >= 4 is 5.91 Å². The van der Waals surface area contributed by atoms with Crippen LogP contribution in [-0.2, 0) is 4.79 Å². The number of amides is 1.